The van der Waals surface area contributed by atoms with Crippen LogP contribution >= 0.6 is 0 Å². The van der Waals surface area contributed by atoms with Gasteiger partial charge in [-0.25, -0.2) is 0 Å². The van der Waals surface area contributed by atoms with Gasteiger partial charge in [-0.15, -0.1) is 0 Å². The summed E-state index contributed by atoms with van der Waals surface area (Å²) in [6.45, 7) is 0. The van der Waals surface area contributed by atoms with Gasteiger partial charge in [0.2, 0.25) is 0 Å². The molecule has 0 N–H and O–H groups in total. The van der Waals surface area contributed by atoms with Crippen molar-refractivity contribution in [2.24, 2.45) is 0 Å². The van der Waals surface area contributed by atoms with Gasteiger partial charge in [0.25, 0.3) is 5.69 Å². The second kappa shape index (κ2) is 6.06. The summed E-state index contributed by atoms with van der Waals surface area (Å²) in [4.78, 5) is 25.9. The molecular formula is C8H4N2O4. The molecule has 0 unspecified atom stereocenters. The zero-order chi connectivity index (χ0) is 11.0. The molecule has 0 fully saturated rings. The van der Waals surface area contributed by atoms with Gasteiger partial charge in [-0.3, -0.25) is 10.1 Å². The van der Waals surface area contributed by atoms with Crippen LogP contribution in [0.3, 0.4) is 0 Å². The Balaban J connectivity index is 0.000000500. The van der Waals surface area contributed by atoms with E-state index in [4.69, 9.17) is 14.9 Å². The van der Waals surface area contributed by atoms with Crippen LogP contribution in [0, 0.1) is 21.4 Å². The SMILES string of the molecule is N#Cc1ccc([N+](=O)[O-])cc1.O=C=O. The molecule has 0 heterocycles. The minimum Gasteiger partial charge on any atom is -0.258 e. The molecule has 0 bridgehead atoms. The average Bonchev–Trinajstić information content (AvgIpc) is 2.19. The second-order valence-corrected chi connectivity index (χ2v) is 2.00. The first-order chi connectivity index (χ1) is 6.65. The molecule has 0 atom stereocenters. The highest BCUT2D eigenvalue weighted by molar-refractivity contribution is 5.38. The Morgan fingerprint density at radius 2 is 1.64 bits per heavy atom. The summed E-state index contributed by atoms with van der Waals surface area (Å²) in [6, 6.07) is 7.31. The number of rotatable bonds is 1. The number of hydrogen-bond donors (Lipinski definition) is 0. The first kappa shape index (κ1) is 11.5. The van der Waals surface area contributed by atoms with Crippen molar-refractivity contribution in [3.05, 3.63) is 39.9 Å². The molecule has 0 amide bonds. The highest BCUT2D eigenvalue weighted by Gasteiger charge is 2.02. The lowest BCUT2D eigenvalue weighted by molar-refractivity contribution is -0.384. The molecule has 6 heteroatoms. The summed E-state index contributed by atoms with van der Waals surface area (Å²) in [5, 5.41) is 18.5. The van der Waals surface area contributed by atoms with Crippen molar-refractivity contribution in [2.45, 2.75) is 0 Å². The van der Waals surface area contributed by atoms with Crippen LogP contribution in [-0.2, 0) is 9.59 Å². The third-order valence-corrected chi connectivity index (χ3v) is 1.21. The fourth-order valence-corrected chi connectivity index (χ4v) is 0.658. The lowest BCUT2D eigenvalue weighted by Gasteiger charge is -1.88. The van der Waals surface area contributed by atoms with E-state index >= 15 is 0 Å². The summed E-state index contributed by atoms with van der Waals surface area (Å²) in [5.41, 5.74) is 0.430. The predicted octanol–water partition coefficient (Wildman–Crippen LogP) is 0.883. The number of nitro groups is 1. The Morgan fingerprint density at radius 1 is 1.21 bits per heavy atom. The Kier molecular flexibility index (Phi) is 4.97. The molecule has 0 aliphatic rings. The zero-order valence-corrected chi connectivity index (χ0v) is 6.84. The van der Waals surface area contributed by atoms with Gasteiger partial charge in [0.05, 0.1) is 16.6 Å². The highest BCUT2D eigenvalue weighted by Crippen LogP contribution is 2.10. The van der Waals surface area contributed by atoms with Crippen molar-refractivity contribution in [1.82, 2.24) is 0 Å². The maximum absolute atomic E-state index is 10.1. The van der Waals surface area contributed by atoms with Gasteiger partial charge < -0.3 is 0 Å². The van der Waals surface area contributed by atoms with Crippen LogP contribution < -0.4 is 0 Å². The molecule has 0 saturated carbocycles. The molecule has 14 heavy (non-hydrogen) atoms. The fraction of sp³-hybridized carbons (Fsp3) is 0. The van der Waals surface area contributed by atoms with Crippen molar-refractivity contribution >= 4 is 11.8 Å². The zero-order valence-electron chi connectivity index (χ0n) is 6.84. The third kappa shape index (κ3) is 3.76. The van der Waals surface area contributed by atoms with Gasteiger partial charge in [-0.2, -0.15) is 14.9 Å². The van der Waals surface area contributed by atoms with E-state index in [-0.39, 0.29) is 11.8 Å². The van der Waals surface area contributed by atoms with E-state index in [1.165, 1.54) is 24.3 Å². The van der Waals surface area contributed by atoms with E-state index in [1.807, 2.05) is 6.07 Å². The number of hydrogen-bond acceptors (Lipinski definition) is 5. The molecule has 1 aromatic carbocycles. The number of benzene rings is 1. The topological polar surface area (TPSA) is 101 Å². The van der Waals surface area contributed by atoms with Crippen LogP contribution in [0.1, 0.15) is 5.56 Å². The third-order valence-electron chi connectivity index (χ3n) is 1.21. The Labute approximate surface area is 78.5 Å². The number of nitro benzene ring substituents is 1. The van der Waals surface area contributed by atoms with Gasteiger partial charge in [-0.05, 0) is 12.1 Å². The Bertz CT molecular complexity index is 385. The van der Waals surface area contributed by atoms with Crippen molar-refractivity contribution in [2.75, 3.05) is 0 Å². The van der Waals surface area contributed by atoms with Crippen LogP contribution in [0.15, 0.2) is 24.3 Å². The number of nitrogens with zero attached hydrogens (tertiary/aromatic N) is 2. The molecule has 0 spiro atoms. The van der Waals surface area contributed by atoms with E-state index in [1.54, 1.807) is 0 Å². The average molecular weight is 192 g/mol. The molecule has 6 nitrogen and oxygen atoms in total. The number of non-ortho nitro benzene ring substituents is 1. The second-order valence-electron chi connectivity index (χ2n) is 2.00. The van der Waals surface area contributed by atoms with E-state index in [0.29, 0.717) is 5.56 Å². The summed E-state index contributed by atoms with van der Waals surface area (Å²) in [6.07, 6.45) is 0.250. The monoisotopic (exact) mass is 192 g/mol. The summed E-state index contributed by atoms with van der Waals surface area (Å²) < 4.78 is 0. The number of nitriles is 1. The smallest absolute Gasteiger partial charge is 0.258 e. The molecule has 0 radical (unpaired) electrons. The normalized spacial score (nSPS) is 7.36. The molecule has 70 valence electrons. The van der Waals surface area contributed by atoms with E-state index in [9.17, 15) is 10.1 Å². The van der Waals surface area contributed by atoms with E-state index < -0.39 is 4.92 Å². The van der Waals surface area contributed by atoms with E-state index in [0.717, 1.165) is 0 Å². The Morgan fingerprint density at radius 3 is 1.93 bits per heavy atom. The maximum atomic E-state index is 10.1. The van der Waals surface area contributed by atoms with Gasteiger partial charge >= 0.3 is 6.15 Å². The van der Waals surface area contributed by atoms with Crippen molar-refractivity contribution in [1.29, 1.82) is 5.26 Å². The predicted molar refractivity (Wildman–Crippen MR) is 42.8 cm³/mol. The van der Waals surface area contributed by atoms with Gasteiger partial charge in [-0.1, -0.05) is 0 Å². The van der Waals surface area contributed by atoms with Gasteiger partial charge in [0.15, 0.2) is 0 Å². The van der Waals surface area contributed by atoms with Crippen molar-refractivity contribution < 1.29 is 14.5 Å². The largest absolute Gasteiger partial charge is 0.373 e. The van der Waals surface area contributed by atoms with Crippen molar-refractivity contribution in [3.8, 4) is 6.07 Å². The molecule has 1 rings (SSSR count). The van der Waals surface area contributed by atoms with Crippen LogP contribution in [-0.4, -0.2) is 11.1 Å². The molecule has 0 aromatic heterocycles. The fourth-order valence-electron chi connectivity index (χ4n) is 0.658. The van der Waals surface area contributed by atoms with E-state index in [2.05, 4.69) is 0 Å². The molecular weight excluding hydrogens is 188 g/mol. The maximum Gasteiger partial charge on any atom is 0.373 e. The van der Waals surface area contributed by atoms with Crippen LogP contribution in [0.2, 0.25) is 0 Å². The summed E-state index contributed by atoms with van der Waals surface area (Å²) >= 11 is 0. The number of carbonyl (C=O) groups excluding carboxylic acids is 2. The van der Waals surface area contributed by atoms with Crippen LogP contribution in [0.4, 0.5) is 5.69 Å². The standard InChI is InChI=1S/C7H4N2O2.CO2/c8-5-6-1-3-7(4-2-6)9(10)11;2-1-3/h1-4H;. The minimum atomic E-state index is -0.499. The minimum absolute atomic E-state index is 0.00370. The lowest BCUT2D eigenvalue weighted by atomic mass is 10.2. The molecule has 0 aliphatic heterocycles. The molecule has 0 aliphatic carbocycles. The Hall–Kier alpha value is -2.51. The molecule has 0 saturated heterocycles. The first-order valence-corrected chi connectivity index (χ1v) is 3.29. The van der Waals surface area contributed by atoms with Crippen molar-refractivity contribution in [3.63, 3.8) is 0 Å². The lowest BCUT2D eigenvalue weighted by Crippen LogP contribution is -1.86. The highest BCUT2D eigenvalue weighted by atomic mass is 16.6. The van der Waals surface area contributed by atoms with Gasteiger partial charge in [0, 0.05) is 12.1 Å². The van der Waals surface area contributed by atoms with Crippen LogP contribution in [0.5, 0.6) is 0 Å². The summed E-state index contributed by atoms with van der Waals surface area (Å²) in [7, 11) is 0. The quantitative estimate of drug-likeness (QED) is 0.485. The van der Waals surface area contributed by atoms with Gasteiger partial charge in [0.1, 0.15) is 0 Å². The first-order valence-electron chi connectivity index (χ1n) is 3.29. The summed E-state index contributed by atoms with van der Waals surface area (Å²) in [5.74, 6) is 0. The van der Waals surface area contributed by atoms with Crippen LogP contribution in [0.25, 0.3) is 0 Å². The molecule has 1 aromatic rings.